The second-order valence-corrected chi connectivity index (χ2v) is 5.01. The van der Waals surface area contributed by atoms with E-state index in [0.29, 0.717) is 17.1 Å². The highest BCUT2D eigenvalue weighted by Crippen LogP contribution is 2.41. The van der Waals surface area contributed by atoms with Crippen molar-refractivity contribution < 1.29 is 23.4 Å². The summed E-state index contributed by atoms with van der Waals surface area (Å²) >= 11 is 0. The molecule has 0 spiro atoms. The smallest absolute Gasteiger partial charge is 0.311 e. The van der Waals surface area contributed by atoms with Crippen LogP contribution in [-0.4, -0.2) is 12.8 Å². The number of carbonyl (C=O) groups excluding carboxylic acids is 1. The molecule has 2 aromatic carbocycles. The van der Waals surface area contributed by atoms with Crippen LogP contribution in [0, 0.1) is 5.82 Å². The number of benzene rings is 2. The lowest BCUT2D eigenvalue weighted by Gasteiger charge is -2.26. The summed E-state index contributed by atoms with van der Waals surface area (Å²) in [4.78, 5) is 11.8. The van der Waals surface area contributed by atoms with Crippen LogP contribution < -0.4 is 9.47 Å². The maximum absolute atomic E-state index is 13.4. The number of hydrogen-bond donors (Lipinski definition) is 0. The average Bonchev–Trinajstić information content (AvgIpc) is 2.91. The molecule has 1 atom stereocenters. The first-order chi connectivity index (χ1) is 10.2. The molecule has 2 aliphatic heterocycles. The lowest BCUT2D eigenvalue weighted by atomic mass is 9.92. The molecule has 106 valence electrons. The van der Waals surface area contributed by atoms with Crippen LogP contribution in [0.15, 0.2) is 36.4 Å². The largest absolute Gasteiger partial charge is 0.454 e. The number of cyclic esters (lactones) is 1. The van der Waals surface area contributed by atoms with E-state index >= 15 is 0 Å². The lowest BCUT2D eigenvalue weighted by molar-refractivity contribution is -0.148. The summed E-state index contributed by atoms with van der Waals surface area (Å²) in [5.74, 6) is 0.543. The third kappa shape index (κ3) is 2.01. The Morgan fingerprint density at radius 3 is 2.71 bits per heavy atom. The number of hydrogen-bond acceptors (Lipinski definition) is 4. The number of fused-ring (bicyclic) bond motifs is 2. The Labute approximate surface area is 120 Å². The molecule has 0 saturated heterocycles. The van der Waals surface area contributed by atoms with E-state index in [9.17, 15) is 9.18 Å². The minimum Gasteiger partial charge on any atom is -0.454 e. The highest BCUT2D eigenvalue weighted by molar-refractivity contribution is 5.77. The molecule has 21 heavy (non-hydrogen) atoms. The van der Waals surface area contributed by atoms with E-state index in [-0.39, 0.29) is 25.0 Å². The van der Waals surface area contributed by atoms with Gasteiger partial charge < -0.3 is 14.2 Å². The molecule has 0 aliphatic carbocycles. The monoisotopic (exact) mass is 286 g/mol. The van der Waals surface area contributed by atoms with Gasteiger partial charge in [-0.2, -0.15) is 0 Å². The van der Waals surface area contributed by atoms with Gasteiger partial charge in [0.1, 0.15) is 5.82 Å². The van der Waals surface area contributed by atoms with Crippen LogP contribution in [0.3, 0.4) is 0 Å². The second kappa shape index (κ2) is 4.48. The van der Waals surface area contributed by atoms with Crippen molar-refractivity contribution in [3.8, 4) is 11.5 Å². The molecular formula is C16H11FO4. The van der Waals surface area contributed by atoms with Gasteiger partial charge in [0.25, 0.3) is 0 Å². The first-order valence-corrected chi connectivity index (χ1v) is 6.58. The molecule has 1 unspecified atom stereocenters. The van der Waals surface area contributed by atoms with E-state index < -0.39 is 6.10 Å². The van der Waals surface area contributed by atoms with Crippen molar-refractivity contribution in [1.29, 1.82) is 0 Å². The quantitative estimate of drug-likeness (QED) is 0.756. The third-order valence-corrected chi connectivity index (χ3v) is 3.65. The molecule has 2 heterocycles. The van der Waals surface area contributed by atoms with E-state index in [2.05, 4.69) is 0 Å². The predicted octanol–water partition coefficient (Wildman–Crippen LogP) is 2.74. The normalized spacial score (nSPS) is 19.1. The summed E-state index contributed by atoms with van der Waals surface area (Å²) in [5.41, 5.74) is 2.23. The van der Waals surface area contributed by atoms with Crippen molar-refractivity contribution in [1.82, 2.24) is 0 Å². The van der Waals surface area contributed by atoms with Gasteiger partial charge in [0.05, 0.1) is 6.42 Å². The molecule has 5 heteroatoms. The van der Waals surface area contributed by atoms with Crippen molar-refractivity contribution >= 4 is 5.97 Å². The number of ether oxygens (including phenoxy) is 3. The Kier molecular flexibility index (Phi) is 2.60. The van der Waals surface area contributed by atoms with Crippen LogP contribution in [0.5, 0.6) is 11.5 Å². The Bertz CT molecular complexity index is 741. The van der Waals surface area contributed by atoms with Crippen LogP contribution in [-0.2, 0) is 16.0 Å². The van der Waals surface area contributed by atoms with Gasteiger partial charge in [-0.25, -0.2) is 4.39 Å². The first kappa shape index (κ1) is 12.2. The van der Waals surface area contributed by atoms with E-state index in [0.717, 1.165) is 11.1 Å². The number of carbonyl (C=O) groups is 1. The van der Waals surface area contributed by atoms with E-state index in [1.165, 1.54) is 12.1 Å². The minimum absolute atomic E-state index is 0.164. The van der Waals surface area contributed by atoms with Gasteiger partial charge in [0.2, 0.25) is 6.79 Å². The third-order valence-electron chi connectivity index (χ3n) is 3.65. The highest BCUT2D eigenvalue weighted by atomic mass is 19.1. The van der Waals surface area contributed by atoms with E-state index in [1.807, 2.05) is 0 Å². The molecule has 0 N–H and O–H groups in total. The van der Waals surface area contributed by atoms with Crippen molar-refractivity contribution in [3.05, 3.63) is 58.9 Å². The summed E-state index contributed by atoms with van der Waals surface area (Å²) in [6, 6.07) is 9.66. The fourth-order valence-electron chi connectivity index (χ4n) is 2.71. The number of esters is 1. The molecular weight excluding hydrogens is 275 g/mol. The van der Waals surface area contributed by atoms with Crippen molar-refractivity contribution in [3.63, 3.8) is 0 Å². The molecule has 0 amide bonds. The summed E-state index contributed by atoms with van der Waals surface area (Å²) in [7, 11) is 0. The summed E-state index contributed by atoms with van der Waals surface area (Å²) in [5, 5.41) is 0. The molecule has 0 saturated carbocycles. The topological polar surface area (TPSA) is 44.8 Å². The van der Waals surface area contributed by atoms with Gasteiger partial charge in [-0.1, -0.05) is 12.1 Å². The summed E-state index contributed by atoms with van der Waals surface area (Å²) in [6.45, 7) is 0.164. The van der Waals surface area contributed by atoms with Gasteiger partial charge in [0.15, 0.2) is 17.6 Å². The fourth-order valence-corrected chi connectivity index (χ4v) is 2.71. The highest BCUT2D eigenvalue weighted by Gasteiger charge is 2.31. The zero-order valence-corrected chi connectivity index (χ0v) is 11.0. The van der Waals surface area contributed by atoms with Gasteiger partial charge >= 0.3 is 5.97 Å². The maximum atomic E-state index is 13.4. The van der Waals surface area contributed by atoms with Gasteiger partial charge in [-0.15, -0.1) is 0 Å². The predicted molar refractivity (Wildman–Crippen MR) is 70.6 cm³/mol. The zero-order chi connectivity index (χ0) is 14.4. The second-order valence-electron chi connectivity index (χ2n) is 5.01. The average molecular weight is 286 g/mol. The molecule has 4 rings (SSSR count). The minimum atomic E-state index is -0.619. The lowest BCUT2D eigenvalue weighted by Crippen LogP contribution is -2.22. The van der Waals surface area contributed by atoms with Crippen LogP contribution in [0.1, 0.15) is 22.8 Å². The van der Waals surface area contributed by atoms with Crippen molar-refractivity contribution in [2.75, 3.05) is 6.79 Å². The van der Waals surface area contributed by atoms with E-state index in [1.54, 1.807) is 24.3 Å². The molecule has 0 fully saturated rings. The van der Waals surface area contributed by atoms with Gasteiger partial charge in [-0.3, -0.25) is 4.79 Å². The van der Waals surface area contributed by atoms with Crippen molar-refractivity contribution in [2.24, 2.45) is 0 Å². The fraction of sp³-hybridized carbons (Fsp3) is 0.188. The number of halogens is 1. The van der Waals surface area contributed by atoms with Gasteiger partial charge in [-0.05, 0) is 35.4 Å². The number of rotatable bonds is 1. The molecule has 0 bridgehead atoms. The standard InChI is InChI=1S/C16H11FO4/c17-11-3-1-2-9(4-11)16-12-7-14-13(19-8-20-14)5-10(12)6-15(18)21-16/h1-5,7,16H,6,8H2. The van der Waals surface area contributed by atoms with Crippen LogP contribution in [0.2, 0.25) is 0 Å². The molecule has 4 nitrogen and oxygen atoms in total. The van der Waals surface area contributed by atoms with Crippen molar-refractivity contribution in [2.45, 2.75) is 12.5 Å². The Morgan fingerprint density at radius 2 is 1.90 bits per heavy atom. The van der Waals surface area contributed by atoms with Gasteiger partial charge in [0, 0.05) is 5.56 Å². The first-order valence-electron chi connectivity index (χ1n) is 6.58. The van der Waals surface area contributed by atoms with E-state index in [4.69, 9.17) is 14.2 Å². The van der Waals surface area contributed by atoms with Crippen LogP contribution in [0.4, 0.5) is 4.39 Å². The SMILES string of the molecule is O=C1Cc2cc3c(cc2C(c2cccc(F)c2)O1)OCO3. The summed E-state index contributed by atoms with van der Waals surface area (Å²) < 4.78 is 29.5. The Balaban J connectivity index is 1.85. The maximum Gasteiger partial charge on any atom is 0.311 e. The molecule has 2 aliphatic rings. The Hall–Kier alpha value is -2.56. The molecule has 0 aromatic heterocycles. The Morgan fingerprint density at radius 1 is 1.10 bits per heavy atom. The molecule has 2 aromatic rings. The van der Waals surface area contributed by atoms with Crippen LogP contribution in [0.25, 0.3) is 0 Å². The summed E-state index contributed by atoms with van der Waals surface area (Å²) in [6.07, 6.45) is -0.441. The molecule has 0 radical (unpaired) electrons. The zero-order valence-electron chi connectivity index (χ0n) is 11.0. The van der Waals surface area contributed by atoms with Crippen LogP contribution >= 0.6 is 0 Å².